The first-order chi connectivity index (χ1) is 20.2. The second-order valence-corrected chi connectivity index (χ2v) is 9.83. The summed E-state index contributed by atoms with van der Waals surface area (Å²) in [5.74, 6) is -1.03. The van der Waals surface area contributed by atoms with Crippen LogP contribution in [0.2, 0.25) is 0 Å². The van der Waals surface area contributed by atoms with E-state index in [1.54, 1.807) is 18.2 Å². The Balaban J connectivity index is 1.46. The smallest absolute Gasteiger partial charge is 0.326 e. The number of nitrogens with zero attached hydrogens (tertiary/aromatic N) is 2. The lowest BCUT2D eigenvalue weighted by molar-refractivity contribution is -0.141. The zero-order valence-electron chi connectivity index (χ0n) is 22.4. The van der Waals surface area contributed by atoms with Gasteiger partial charge >= 0.3 is 12.2 Å². The van der Waals surface area contributed by atoms with Gasteiger partial charge in [-0.05, 0) is 41.0 Å². The van der Waals surface area contributed by atoms with Crippen molar-refractivity contribution >= 4 is 17.6 Å². The molecule has 42 heavy (non-hydrogen) atoms. The number of alkyl halides is 3. The Bertz CT molecular complexity index is 1590. The van der Waals surface area contributed by atoms with Crippen LogP contribution in [0.4, 0.5) is 28.0 Å². The van der Waals surface area contributed by atoms with Crippen LogP contribution in [-0.2, 0) is 17.5 Å². The maximum absolute atomic E-state index is 14.0. The summed E-state index contributed by atoms with van der Waals surface area (Å²) in [7, 11) is 0. The van der Waals surface area contributed by atoms with E-state index in [4.69, 9.17) is 0 Å². The van der Waals surface area contributed by atoms with Crippen molar-refractivity contribution in [3.63, 3.8) is 0 Å². The van der Waals surface area contributed by atoms with Crippen molar-refractivity contribution < 1.29 is 27.2 Å². The summed E-state index contributed by atoms with van der Waals surface area (Å²) < 4.78 is 55.5. The Morgan fingerprint density at radius 3 is 2.26 bits per heavy atom. The van der Waals surface area contributed by atoms with Gasteiger partial charge in [-0.15, -0.1) is 0 Å². The first-order valence-electron chi connectivity index (χ1n) is 13.3. The fraction of sp³-hybridized carbons (Fsp3) is 0.152. The summed E-state index contributed by atoms with van der Waals surface area (Å²) >= 11 is 0. The van der Waals surface area contributed by atoms with Crippen molar-refractivity contribution in [2.75, 3.05) is 18.4 Å². The minimum atomic E-state index is -4.64. The van der Waals surface area contributed by atoms with Gasteiger partial charge in [-0.3, -0.25) is 4.79 Å². The molecule has 1 aliphatic heterocycles. The average molecular weight is 574 g/mol. The second kappa shape index (κ2) is 12.3. The molecule has 3 amide bonds. The minimum Gasteiger partial charge on any atom is -0.326 e. The van der Waals surface area contributed by atoms with Crippen molar-refractivity contribution in [1.82, 2.24) is 9.80 Å². The van der Waals surface area contributed by atoms with E-state index in [0.29, 0.717) is 11.3 Å². The van der Waals surface area contributed by atoms with Crippen molar-refractivity contribution in [1.29, 1.82) is 0 Å². The molecule has 0 bridgehead atoms. The number of hydrogen-bond acceptors (Lipinski definition) is 2. The third kappa shape index (κ3) is 6.52. The van der Waals surface area contributed by atoms with E-state index in [9.17, 15) is 27.2 Å². The SMILES string of the molecule is O=C(Nc1ccccc1-c1ccccc1)N1C/C=C\[C@H](c2ccccc2C(F)(F)F)N(Cc2ccc(F)cc2)C(=O)C1. The Labute approximate surface area is 240 Å². The van der Waals surface area contributed by atoms with Gasteiger partial charge < -0.3 is 15.1 Å². The number of carbonyl (C=O) groups is 2. The summed E-state index contributed by atoms with van der Waals surface area (Å²) in [4.78, 5) is 29.8. The number of rotatable bonds is 5. The van der Waals surface area contributed by atoms with Crippen LogP contribution in [0, 0.1) is 5.82 Å². The normalized spacial score (nSPS) is 16.5. The molecule has 1 N–H and O–H groups in total. The van der Waals surface area contributed by atoms with Crippen LogP contribution >= 0.6 is 0 Å². The van der Waals surface area contributed by atoms with E-state index >= 15 is 0 Å². The van der Waals surface area contributed by atoms with Crippen LogP contribution in [0.3, 0.4) is 0 Å². The first kappa shape index (κ1) is 28.6. The molecule has 1 heterocycles. The minimum absolute atomic E-state index is 0.000149. The highest BCUT2D eigenvalue weighted by molar-refractivity contribution is 5.96. The Hall–Kier alpha value is -4.92. The van der Waals surface area contributed by atoms with Gasteiger partial charge in [0.2, 0.25) is 5.91 Å². The van der Waals surface area contributed by atoms with Crippen LogP contribution in [0.5, 0.6) is 0 Å². The maximum atomic E-state index is 14.0. The van der Waals surface area contributed by atoms with Gasteiger partial charge in [-0.1, -0.05) is 91.0 Å². The van der Waals surface area contributed by atoms with E-state index in [1.165, 1.54) is 58.3 Å². The molecule has 0 spiro atoms. The molecule has 0 unspecified atom stereocenters. The largest absolute Gasteiger partial charge is 0.416 e. The van der Waals surface area contributed by atoms with Gasteiger partial charge in [0.25, 0.3) is 0 Å². The maximum Gasteiger partial charge on any atom is 0.416 e. The molecular weight excluding hydrogens is 546 g/mol. The molecule has 0 saturated heterocycles. The van der Waals surface area contributed by atoms with Gasteiger partial charge in [-0.2, -0.15) is 13.2 Å². The van der Waals surface area contributed by atoms with Crippen molar-refractivity contribution in [3.05, 3.63) is 138 Å². The van der Waals surface area contributed by atoms with Crippen LogP contribution < -0.4 is 5.32 Å². The fourth-order valence-electron chi connectivity index (χ4n) is 4.96. The number of para-hydroxylation sites is 1. The van der Waals surface area contributed by atoms with E-state index in [1.807, 2.05) is 42.5 Å². The summed E-state index contributed by atoms with van der Waals surface area (Å²) in [6.45, 7) is -0.470. The van der Waals surface area contributed by atoms with Gasteiger partial charge in [0.1, 0.15) is 12.4 Å². The quantitative estimate of drug-likeness (QED) is 0.197. The molecule has 4 aromatic carbocycles. The molecular formula is C33H27F4N3O2. The molecule has 9 heteroatoms. The Morgan fingerprint density at radius 1 is 0.857 bits per heavy atom. The van der Waals surface area contributed by atoms with Crippen LogP contribution in [0.1, 0.15) is 22.7 Å². The van der Waals surface area contributed by atoms with Crippen LogP contribution in [-0.4, -0.2) is 34.8 Å². The molecule has 1 atom stereocenters. The van der Waals surface area contributed by atoms with Crippen molar-refractivity contribution in [3.8, 4) is 11.1 Å². The van der Waals surface area contributed by atoms with Gasteiger partial charge in [0, 0.05) is 18.7 Å². The molecule has 0 saturated carbocycles. The topological polar surface area (TPSA) is 52.7 Å². The summed E-state index contributed by atoms with van der Waals surface area (Å²) in [6.07, 6.45) is -1.55. The lowest BCUT2D eigenvalue weighted by atomic mass is 9.96. The molecule has 4 aromatic rings. The summed E-state index contributed by atoms with van der Waals surface area (Å²) in [6, 6.07) is 25.7. The number of urea groups is 1. The van der Waals surface area contributed by atoms with Crippen LogP contribution in [0.15, 0.2) is 115 Å². The van der Waals surface area contributed by atoms with E-state index in [-0.39, 0.29) is 25.2 Å². The highest BCUT2D eigenvalue weighted by Gasteiger charge is 2.37. The number of benzene rings is 4. The molecule has 0 aliphatic carbocycles. The summed E-state index contributed by atoms with van der Waals surface area (Å²) in [5, 5.41) is 2.88. The van der Waals surface area contributed by atoms with Gasteiger partial charge in [0.15, 0.2) is 0 Å². The second-order valence-electron chi connectivity index (χ2n) is 9.83. The van der Waals surface area contributed by atoms with Crippen LogP contribution in [0.25, 0.3) is 11.1 Å². The van der Waals surface area contributed by atoms with Crippen molar-refractivity contribution in [2.24, 2.45) is 0 Å². The first-order valence-corrected chi connectivity index (χ1v) is 13.3. The lowest BCUT2D eigenvalue weighted by Gasteiger charge is -2.35. The number of amides is 3. The highest BCUT2D eigenvalue weighted by atomic mass is 19.4. The zero-order chi connectivity index (χ0) is 29.7. The molecule has 0 aromatic heterocycles. The number of carbonyl (C=O) groups excluding carboxylic acids is 2. The van der Waals surface area contributed by atoms with Gasteiger partial charge in [0.05, 0.1) is 17.3 Å². The molecule has 0 radical (unpaired) electrons. The van der Waals surface area contributed by atoms with E-state index < -0.39 is 35.5 Å². The Morgan fingerprint density at radius 2 is 1.52 bits per heavy atom. The molecule has 0 fully saturated rings. The lowest BCUT2D eigenvalue weighted by Crippen LogP contribution is -2.46. The predicted molar refractivity (Wildman–Crippen MR) is 153 cm³/mol. The third-order valence-corrected chi connectivity index (χ3v) is 7.02. The van der Waals surface area contributed by atoms with E-state index in [0.717, 1.165) is 17.2 Å². The number of nitrogens with one attached hydrogen (secondary N) is 1. The molecule has 5 nitrogen and oxygen atoms in total. The third-order valence-electron chi connectivity index (χ3n) is 7.02. The fourth-order valence-corrected chi connectivity index (χ4v) is 4.96. The number of halogens is 4. The monoisotopic (exact) mass is 573 g/mol. The standard InChI is InChI=1S/C33H27F4N3O2/c34-25-18-16-23(17-19-25)21-40-30(27-12-4-6-13-28(27)33(35,36)37)15-8-20-39(22-31(40)41)32(42)38-29-14-7-5-11-26(29)24-9-2-1-3-10-24/h1-19,30H,20-22H2,(H,38,42)/b15-8-/t30-/m1/s1. The number of anilines is 1. The number of hydrogen-bond donors (Lipinski definition) is 1. The molecule has 1 aliphatic rings. The molecule has 214 valence electrons. The predicted octanol–water partition coefficient (Wildman–Crippen LogP) is 7.69. The Kier molecular flexibility index (Phi) is 8.38. The average Bonchev–Trinajstić information content (AvgIpc) is 2.98. The van der Waals surface area contributed by atoms with E-state index in [2.05, 4.69) is 5.32 Å². The highest BCUT2D eigenvalue weighted by Crippen LogP contribution is 2.38. The van der Waals surface area contributed by atoms with Gasteiger partial charge in [-0.25, -0.2) is 9.18 Å². The zero-order valence-corrected chi connectivity index (χ0v) is 22.4. The molecule has 5 rings (SSSR count). The van der Waals surface area contributed by atoms with Crippen molar-refractivity contribution in [2.45, 2.75) is 18.8 Å². The summed E-state index contributed by atoms with van der Waals surface area (Å²) in [5.41, 5.74) is 1.82.